The van der Waals surface area contributed by atoms with E-state index in [4.69, 9.17) is 0 Å². The Bertz CT molecular complexity index is 1250. The smallest absolute Gasteiger partial charge is 0.273 e. The highest BCUT2D eigenvalue weighted by Gasteiger charge is 2.30. The molecule has 6 nitrogen and oxygen atoms in total. The van der Waals surface area contributed by atoms with Crippen LogP contribution in [0, 0.1) is 0 Å². The average molecular weight is 463 g/mol. The SMILES string of the molecule is CCc1ccc(S(=O)(=O)Nc2ccc3c(c2)CCCN3S(=O)(=O)c2cccs2)cc1. The molecule has 30 heavy (non-hydrogen) atoms. The van der Waals surface area contributed by atoms with Gasteiger partial charge in [-0.15, -0.1) is 11.3 Å². The Morgan fingerprint density at radius 2 is 1.80 bits per heavy atom. The standard InChI is InChI=1S/C21H22N2O4S3/c1-2-16-7-10-19(11-8-16)29(24,25)22-18-9-12-20-17(15-18)5-3-13-23(20)30(26,27)21-6-4-14-28-21/h4,6-12,14-15,22H,2-3,5,13H2,1H3. The number of rotatable bonds is 6. The largest absolute Gasteiger partial charge is 0.280 e. The maximum Gasteiger partial charge on any atom is 0.273 e. The molecule has 0 bridgehead atoms. The van der Waals surface area contributed by atoms with Gasteiger partial charge in [-0.1, -0.05) is 25.1 Å². The van der Waals surface area contributed by atoms with Crippen LogP contribution in [0.4, 0.5) is 11.4 Å². The monoisotopic (exact) mass is 462 g/mol. The van der Waals surface area contributed by atoms with Crippen LogP contribution in [0.5, 0.6) is 0 Å². The molecule has 0 radical (unpaired) electrons. The number of anilines is 2. The van der Waals surface area contributed by atoms with Crippen molar-refractivity contribution in [3.63, 3.8) is 0 Å². The van der Waals surface area contributed by atoms with Crippen LogP contribution in [0.2, 0.25) is 0 Å². The second-order valence-electron chi connectivity index (χ2n) is 7.06. The van der Waals surface area contributed by atoms with Crippen molar-refractivity contribution >= 4 is 42.8 Å². The summed E-state index contributed by atoms with van der Waals surface area (Å²) in [5.74, 6) is 0. The van der Waals surface area contributed by atoms with Gasteiger partial charge in [0.15, 0.2) is 0 Å². The normalized spacial score (nSPS) is 14.4. The number of benzene rings is 2. The molecule has 0 aliphatic carbocycles. The fourth-order valence-corrected chi connectivity index (χ4v) is 7.21. The topological polar surface area (TPSA) is 83.6 Å². The van der Waals surface area contributed by atoms with Crippen LogP contribution in [0.15, 0.2) is 69.1 Å². The van der Waals surface area contributed by atoms with Crippen LogP contribution in [-0.2, 0) is 32.9 Å². The van der Waals surface area contributed by atoms with Crippen LogP contribution < -0.4 is 9.03 Å². The number of nitrogens with zero attached hydrogens (tertiary/aromatic N) is 1. The van der Waals surface area contributed by atoms with Crippen molar-refractivity contribution in [2.45, 2.75) is 35.3 Å². The molecule has 2 aromatic carbocycles. The van der Waals surface area contributed by atoms with Gasteiger partial charge in [-0.05, 0) is 72.2 Å². The molecule has 0 spiro atoms. The second kappa shape index (κ2) is 8.05. The molecule has 2 heterocycles. The molecular formula is C21H22N2O4S3. The average Bonchev–Trinajstić information content (AvgIpc) is 3.29. The van der Waals surface area contributed by atoms with Crippen molar-refractivity contribution in [2.75, 3.05) is 15.6 Å². The van der Waals surface area contributed by atoms with E-state index >= 15 is 0 Å². The number of fused-ring (bicyclic) bond motifs is 1. The van der Waals surface area contributed by atoms with Crippen LogP contribution >= 0.6 is 11.3 Å². The zero-order valence-electron chi connectivity index (χ0n) is 16.4. The summed E-state index contributed by atoms with van der Waals surface area (Å²) in [6.45, 7) is 2.42. The summed E-state index contributed by atoms with van der Waals surface area (Å²) in [6.07, 6.45) is 2.20. The fourth-order valence-electron chi connectivity index (χ4n) is 3.51. The van der Waals surface area contributed by atoms with Gasteiger partial charge in [0.05, 0.1) is 10.6 Å². The summed E-state index contributed by atoms with van der Waals surface area (Å²) >= 11 is 1.19. The van der Waals surface area contributed by atoms with Crippen LogP contribution in [-0.4, -0.2) is 23.4 Å². The summed E-state index contributed by atoms with van der Waals surface area (Å²) in [5, 5.41) is 1.74. The van der Waals surface area contributed by atoms with Crippen molar-refractivity contribution in [1.29, 1.82) is 0 Å². The van der Waals surface area contributed by atoms with E-state index in [9.17, 15) is 16.8 Å². The first-order valence-corrected chi connectivity index (χ1v) is 13.4. The van der Waals surface area contributed by atoms with Gasteiger partial charge in [-0.25, -0.2) is 16.8 Å². The van der Waals surface area contributed by atoms with E-state index in [1.54, 1.807) is 60.0 Å². The minimum atomic E-state index is -3.72. The number of hydrogen-bond acceptors (Lipinski definition) is 5. The Labute approximate surface area is 181 Å². The van der Waals surface area contributed by atoms with E-state index in [1.807, 2.05) is 6.92 Å². The highest BCUT2D eigenvalue weighted by Crippen LogP contribution is 2.35. The van der Waals surface area contributed by atoms with Gasteiger partial charge in [0, 0.05) is 12.2 Å². The predicted octanol–water partition coefficient (Wildman–Crippen LogP) is 4.25. The van der Waals surface area contributed by atoms with E-state index in [0.717, 1.165) is 17.5 Å². The molecule has 1 aliphatic rings. The Kier molecular flexibility index (Phi) is 5.61. The minimum Gasteiger partial charge on any atom is -0.280 e. The lowest BCUT2D eigenvalue weighted by Crippen LogP contribution is -2.35. The lowest BCUT2D eigenvalue weighted by Gasteiger charge is -2.30. The molecule has 0 atom stereocenters. The van der Waals surface area contributed by atoms with Crippen molar-refractivity contribution in [3.8, 4) is 0 Å². The first-order valence-electron chi connectivity index (χ1n) is 9.62. The number of sulfonamides is 2. The molecule has 0 fully saturated rings. The molecular weight excluding hydrogens is 440 g/mol. The third-order valence-electron chi connectivity index (χ3n) is 5.09. The van der Waals surface area contributed by atoms with E-state index in [1.165, 1.54) is 15.6 Å². The Morgan fingerprint density at radius 3 is 2.47 bits per heavy atom. The molecule has 1 aromatic heterocycles. The van der Waals surface area contributed by atoms with Crippen molar-refractivity contribution in [1.82, 2.24) is 0 Å². The molecule has 3 aromatic rings. The molecule has 1 N–H and O–H groups in total. The maximum atomic E-state index is 13.0. The van der Waals surface area contributed by atoms with E-state index < -0.39 is 20.0 Å². The van der Waals surface area contributed by atoms with Gasteiger partial charge in [0.25, 0.3) is 20.0 Å². The number of hydrogen-bond donors (Lipinski definition) is 1. The summed E-state index contributed by atoms with van der Waals surface area (Å²) in [4.78, 5) is 0.194. The molecule has 0 saturated carbocycles. The third-order valence-corrected chi connectivity index (χ3v) is 9.67. The molecule has 0 amide bonds. The maximum absolute atomic E-state index is 13.0. The quantitative estimate of drug-likeness (QED) is 0.594. The zero-order valence-corrected chi connectivity index (χ0v) is 18.9. The molecule has 0 saturated heterocycles. The van der Waals surface area contributed by atoms with Gasteiger partial charge in [0.2, 0.25) is 0 Å². The number of aryl methyl sites for hydroxylation is 2. The van der Waals surface area contributed by atoms with Crippen molar-refractivity contribution < 1.29 is 16.8 Å². The van der Waals surface area contributed by atoms with Gasteiger partial charge in [-0.2, -0.15) is 0 Å². The fraction of sp³-hybridized carbons (Fsp3) is 0.238. The molecule has 9 heteroatoms. The van der Waals surface area contributed by atoms with Gasteiger partial charge in [-0.3, -0.25) is 9.03 Å². The van der Waals surface area contributed by atoms with E-state index in [2.05, 4.69) is 4.72 Å². The molecule has 0 unspecified atom stereocenters. The minimum absolute atomic E-state index is 0.194. The van der Waals surface area contributed by atoms with Crippen LogP contribution in [0.25, 0.3) is 0 Å². The summed E-state index contributed by atoms with van der Waals surface area (Å²) in [6, 6.07) is 15.1. The van der Waals surface area contributed by atoms with Crippen LogP contribution in [0.3, 0.4) is 0 Å². The Hall–Kier alpha value is -2.36. The Balaban J connectivity index is 1.62. The molecule has 4 rings (SSSR count). The first-order chi connectivity index (χ1) is 14.3. The second-order valence-corrected chi connectivity index (χ2v) is 11.8. The zero-order chi connectivity index (χ0) is 21.4. The van der Waals surface area contributed by atoms with E-state index in [-0.39, 0.29) is 4.90 Å². The number of nitrogens with one attached hydrogen (secondary N) is 1. The molecule has 158 valence electrons. The van der Waals surface area contributed by atoms with Crippen LogP contribution in [0.1, 0.15) is 24.5 Å². The lowest BCUT2D eigenvalue weighted by atomic mass is 10.0. The van der Waals surface area contributed by atoms with E-state index in [0.29, 0.717) is 35.0 Å². The van der Waals surface area contributed by atoms with Gasteiger partial charge >= 0.3 is 0 Å². The predicted molar refractivity (Wildman–Crippen MR) is 120 cm³/mol. The summed E-state index contributed by atoms with van der Waals surface area (Å²) in [5.41, 5.74) is 2.89. The lowest BCUT2D eigenvalue weighted by molar-refractivity contribution is 0.588. The van der Waals surface area contributed by atoms with Crippen molar-refractivity contribution in [2.24, 2.45) is 0 Å². The number of thiophene rings is 1. The highest BCUT2D eigenvalue weighted by molar-refractivity contribution is 7.94. The first kappa shape index (κ1) is 20.9. The third kappa shape index (κ3) is 3.97. The van der Waals surface area contributed by atoms with Crippen molar-refractivity contribution in [3.05, 3.63) is 71.1 Å². The summed E-state index contributed by atoms with van der Waals surface area (Å²) in [7, 11) is -7.34. The Morgan fingerprint density at radius 1 is 1.03 bits per heavy atom. The summed E-state index contributed by atoms with van der Waals surface area (Å²) < 4.78 is 55.8. The van der Waals surface area contributed by atoms with Gasteiger partial charge < -0.3 is 0 Å². The highest BCUT2D eigenvalue weighted by atomic mass is 32.2. The van der Waals surface area contributed by atoms with Gasteiger partial charge in [0.1, 0.15) is 4.21 Å². The molecule has 1 aliphatic heterocycles.